The number of rotatable bonds is 4. The zero-order chi connectivity index (χ0) is 18.0. The lowest BCUT2D eigenvalue weighted by Crippen LogP contribution is -2.39. The van der Waals surface area contributed by atoms with E-state index in [9.17, 15) is 18.9 Å². The molecule has 0 atom stereocenters. The van der Waals surface area contributed by atoms with E-state index in [2.05, 4.69) is 0 Å². The summed E-state index contributed by atoms with van der Waals surface area (Å²) in [6.45, 7) is 0.720. The van der Waals surface area contributed by atoms with Gasteiger partial charge in [0.2, 0.25) is 0 Å². The van der Waals surface area contributed by atoms with Crippen molar-refractivity contribution in [1.82, 2.24) is 0 Å². The molecule has 0 aromatic heterocycles. The van der Waals surface area contributed by atoms with Crippen molar-refractivity contribution >= 4 is 17.3 Å². The molecule has 5 nitrogen and oxygen atoms in total. The molecule has 1 heterocycles. The second-order valence-electron chi connectivity index (χ2n) is 5.71. The van der Waals surface area contributed by atoms with Gasteiger partial charge >= 0.3 is 0 Å². The van der Waals surface area contributed by atoms with Gasteiger partial charge in [-0.2, -0.15) is 0 Å². The lowest BCUT2D eigenvalue weighted by Gasteiger charge is -2.38. The van der Waals surface area contributed by atoms with E-state index >= 15 is 0 Å². The third kappa shape index (κ3) is 3.57. The highest BCUT2D eigenvalue weighted by molar-refractivity contribution is 6.30. The molecule has 0 radical (unpaired) electrons. The summed E-state index contributed by atoms with van der Waals surface area (Å²) >= 11 is 5.73. The smallest absolute Gasteiger partial charge is 0.272 e. The first-order chi connectivity index (χ1) is 11.9. The second kappa shape index (κ2) is 6.93. The van der Waals surface area contributed by atoms with Crippen LogP contribution in [-0.4, -0.2) is 18.1 Å². The minimum absolute atomic E-state index is 0.0209. The molecule has 132 valence electrons. The molecule has 25 heavy (non-hydrogen) atoms. The van der Waals surface area contributed by atoms with Gasteiger partial charge in [-0.15, -0.1) is 0 Å². The lowest BCUT2D eigenvalue weighted by atomic mass is 9.86. The molecule has 1 aliphatic rings. The first kappa shape index (κ1) is 17.6. The molecule has 1 fully saturated rings. The largest absolute Gasteiger partial charge is 0.479 e. The van der Waals surface area contributed by atoms with Crippen molar-refractivity contribution < 1.29 is 23.2 Å². The van der Waals surface area contributed by atoms with Crippen LogP contribution in [0.25, 0.3) is 0 Å². The number of benzene rings is 2. The molecule has 1 aliphatic heterocycles. The second-order valence-corrected chi connectivity index (χ2v) is 6.12. The molecule has 1 saturated heterocycles. The number of nitrogens with zero attached hydrogens (tertiary/aromatic N) is 1. The maximum atomic E-state index is 14.2. The predicted molar refractivity (Wildman–Crippen MR) is 86.8 cm³/mol. The first-order valence-corrected chi connectivity index (χ1v) is 7.95. The Hall–Kier alpha value is -2.25. The molecule has 0 unspecified atom stereocenters. The van der Waals surface area contributed by atoms with Gasteiger partial charge in [-0.05, 0) is 23.8 Å². The van der Waals surface area contributed by atoms with Crippen LogP contribution in [0.4, 0.5) is 14.5 Å². The summed E-state index contributed by atoms with van der Waals surface area (Å²) in [7, 11) is 0. The molecular weight excluding hydrogens is 356 g/mol. The van der Waals surface area contributed by atoms with Gasteiger partial charge in [0, 0.05) is 18.9 Å². The number of hydrogen-bond acceptors (Lipinski definition) is 4. The summed E-state index contributed by atoms with van der Waals surface area (Å²) in [5.74, 6) is -1.59. The van der Waals surface area contributed by atoms with Crippen molar-refractivity contribution in [2.24, 2.45) is 0 Å². The fourth-order valence-corrected chi connectivity index (χ4v) is 2.94. The van der Waals surface area contributed by atoms with Gasteiger partial charge in [-0.25, -0.2) is 8.78 Å². The van der Waals surface area contributed by atoms with Gasteiger partial charge in [0.05, 0.1) is 29.2 Å². The molecule has 0 N–H and O–H groups in total. The van der Waals surface area contributed by atoms with Gasteiger partial charge < -0.3 is 9.47 Å². The highest BCUT2D eigenvalue weighted by Crippen LogP contribution is 2.39. The normalized spacial score (nSPS) is 16.4. The van der Waals surface area contributed by atoms with Crippen LogP contribution >= 0.6 is 11.6 Å². The van der Waals surface area contributed by atoms with Crippen LogP contribution in [0.3, 0.4) is 0 Å². The number of nitro groups is 1. The molecular formula is C17H14ClF2NO4. The first-order valence-electron chi connectivity index (χ1n) is 7.57. The van der Waals surface area contributed by atoms with Crippen molar-refractivity contribution in [3.05, 3.63) is 68.7 Å². The quantitative estimate of drug-likeness (QED) is 0.583. The number of halogens is 3. The summed E-state index contributed by atoms with van der Waals surface area (Å²) in [6, 6.07) is 7.46. The lowest BCUT2D eigenvalue weighted by molar-refractivity contribution is -0.385. The van der Waals surface area contributed by atoms with Crippen LogP contribution < -0.4 is 4.74 Å². The van der Waals surface area contributed by atoms with Crippen LogP contribution in [0.15, 0.2) is 36.4 Å². The summed E-state index contributed by atoms with van der Waals surface area (Å²) in [4.78, 5) is 10.0. The minimum atomic E-state index is -0.999. The summed E-state index contributed by atoms with van der Waals surface area (Å²) < 4.78 is 39.4. The molecule has 2 aromatic carbocycles. The van der Waals surface area contributed by atoms with E-state index in [1.54, 1.807) is 6.07 Å². The fourth-order valence-electron chi connectivity index (χ4n) is 2.83. The Morgan fingerprint density at radius 3 is 2.44 bits per heavy atom. The number of ether oxygens (including phenoxy) is 2. The molecule has 8 heteroatoms. The van der Waals surface area contributed by atoms with Crippen molar-refractivity contribution in [3.63, 3.8) is 0 Å². The van der Waals surface area contributed by atoms with E-state index in [0.29, 0.717) is 31.6 Å². The fraction of sp³-hybridized carbons (Fsp3) is 0.294. The van der Waals surface area contributed by atoms with Crippen molar-refractivity contribution in [2.75, 3.05) is 13.2 Å². The van der Waals surface area contributed by atoms with Crippen LogP contribution in [-0.2, 0) is 10.3 Å². The monoisotopic (exact) mass is 369 g/mol. The van der Waals surface area contributed by atoms with Crippen molar-refractivity contribution in [1.29, 1.82) is 0 Å². The SMILES string of the molecule is O=[N+]([O-])c1ccc(OC2(c3ccc(Cl)c(F)c3)CCOCC2)c(F)c1. The zero-order valence-corrected chi connectivity index (χ0v) is 13.8. The number of nitro benzene ring substituents is 1. The highest BCUT2D eigenvalue weighted by Gasteiger charge is 2.38. The molecule has 0 spiro atoms. The van der Waals surface area contributed by atoms with E-state index in [-0.39, 0.29) is 16.5 Å². The maximum Gasteiger partial charge on any atom is 0.272 e. The Balaban J connectivity index is 1.99. The zero-order valence-electron chi connectivity index (χ0n) is 13.0. The number of non-ortho nitro benzene ring substituents is 1. The molecule has 3 rings (SSSR count). The summed E-state index contributed by atoms with van der Waals surface area (Å²) in [5, 5.41) is 10.7. The van der Waals surface area contributed by atoms with Crippen molar-refractivity contribution in [2.45, 2.75) is 18.4 Å². The van der Waals surface area contributed by atoms with Gasteiger partial charge in [0.25, 0.3) is 5.69 Å². The summed E-state index contributed by atoms with van der Waals surface area (Å²) in [6.07, 6.45) is 0.759. The van der Waals surface area contributed by atoms with Gasteiger partial charge in [0.1, 0.15) is 11.4 Å². The molecule has 2 aromatic rings. The third-order valence-electron chi connectivity index (χ3n) is 4.18. The van der Waals surface area contributed by atoms with E-state index in [1.807, 2.05) is 0 Å². The Bertz CT molecular complexity index is 809. The molecule has 0 saturated carbocycles. The number of hydrogen-bond donors (Lipinski definition) is 0. The van der Waals surface area contributed by atoms with Crippen LogP contribution in [0, 0.1) is 21.7 Å². The van der Waals surface area contributed by atoms with Crippen molar-refractivity contribution in [3.8, 4) is 5.75 Å². The van der Waals surface area contributed by atoms with Gasteiger partial charge in [-0.3, -0.25) is 10.1 Å². The third-order valence-corrected chi connectivity index (χ3v) is 4.48. The molecule has 0 aliphatic carbocycles. The Kier molecular flexibility index (Phi) is 4.87. The maximum absolute atomic E-state index is 14.2. The van der Waals surface area contributed by atoms with E-state index in [0.717, 1.165) is 12.1 Å². The predicted octanol–water partition coefficient (Wildman–Crippen LogP) is 4.61. The van der Waals surface area contributed by atoms with Crippen LogP contribution in [0.5, 0.6) is 5.75 Å². The average molecular weight is 370 g/mol. The van der Waals surface area contributed by atoms with Gasteiger partial charge in [0.15, 0.2) is 11.6 Å². The minimum Gasteiger partial charge on any atom is -0.479 e. The van der Waals surface area contributed by atoms with Crippen LogP contribution in [0.2, 0.25) is 5.02 Å². The Morgan fingerprint density at radius 2 is 1.84 bits per heavy atom. The average Bonchev–Trinajstić information content (AvgIpc) is 2.59. The summed E-state index contributed by atoms with van der Waals surface area (Å²) in [5.41, 5.74) is -0.862. The van der Waals surface area contributed by atoms with E-state index in [1.165, 1.54) is 18.2 Å². The van der Waals surface area contributed by atoms with Crippen LogP contribution in [0.1, 0.15) is 18.4 Å². The highest BCUT2D eigenvalue weighted by atomic mass is 35.5. The topological polar surface area (TPSA) is 61.6 Å². The van der Waals surface area contributed by atoms with E-state index in [4.69, 9.17) is 21.1 Å². The standard InChI is InChI=1S/C17H14ClF2NO4/c18-13-3-1-11(9-14(13)19)17(5-7-24-8-6-17)25-16-4-2-12(21(22)23)10-15(16)20/h1-4,9-10H,5-8H2. The molecule has 0 amide bonds. The Labute approximate surface area is 147 Å². The molecule has 0 bridgehead atoms. The van der Waals surface area contributed by atoms with E-state index < -0.39 is 22.2 Å². The Morgan fingerprint density at radius 1 is 1.12 bits per heavy atom. The van der Waals surface area contributed by atoms with Gasteiger partial charge in [-0.1, -0.05) is 17.7 Å².